The van der Waals surface area contributed by atoms with E-state index >= 15 is 0 Å². The SMILES string of the molecule is Cc1ccc(C)c(N=c2nc3c(C)cccn3c(=O)cc2Nc2cc(C)ccc2C)c1. The summed E-state index contributed by atoms with van der Waals surface area (Å²) in [5, 5.41) is 3.42. The maximum atomic E-state index is 13.1. The number of anilines is 2. The first-order valence-corrected chi connectivity index (χ1v) is 10.3. The van der Waals surface area contributed by atoms with Gasteiger partial charge in [-0.05, 0) is 80.6 Å². The van der Waals surface area contributed by atoms with Crippen molar-refractivity contribution in [3.05, 3.63) is 104 Å². The van der Waals surface area contributed by atoms with Gasteiger partial charge in [0.05, 0.1) is 11.4 Å². The maximum absolute atomic E-state index is 13.1. The lowest BCUT2D eigenvalue weighted by atomic mass is 10.1. The van der Waals surface area contributed by atoms with E-state index in [4.69, 9.17) is 9.98 Å². The summed E-state index contributed by atoms with van der Waals surface area (Å²) in [6.45, 7) is 10.1. The molecule has 1 N–H and O–H groups in total. The summed E-state index contributed by atoms with van der Waals surface area (Å²) in [5.41, 5.74) is 8.52. The molecule has 2 aromatic carbocycles. The Kier molecular flexibility index (Phi) is 5.42. The van der Waals surface area contributed by atoms with Gasteiger partial charge in [0.1, 0.15) is 5.65 Å². The summed E-state index contributed by atoms with van der Waals surface area (Å²) >= 11 is 0. The number of benzene rings is 2. The Bertz CT molecular complexity index is 1430. The molecule has 5 nitrogen and oxygen atoms in total. The van der Waals surface area contributed by atoms with E-state index in [2.05, 4.69) is 29.6 Å². The molecule has 0 saturated heterocycles. The molecule has 0 atom stereocenters. The highest BCUT2D eigenvalue weighted by Crippen LogP contribution is 2.22. The molecule has 4 aromatic rings. The van der Waals surface area contributed by atoms with Crippen LogP contribution >= 0.6 is 0 Å². The van der Waals surface area contributed by atoms with Crippen LogP contribution in [0.25, 0.3) is 5.65 Å². The van der Waals surface area contributed by atoms with E-state index in [1.165, 1.54) is 0 Å². The Morgan fingerprint density at radius 2 is 1.52 bits per heavy atom. The predicted molar refractivity (Wildman–Crippen MR) is 127 cm³/mol. The van der Waals surface area contributed by atoms with E-state index in [1.807, 2.05) is 58.9 Å². The van der Waals surface area contributed by atoms with Crippen LogP contribution in [0.15, 0.2) is 70.6 Å². The zero-order chi connectivity index (χ0) is 22.1. The smallest absolute Gasteiger partial charge is 0.258 e. The zero-order valence-electron chi connectivity index (χ0n) is 18.5. The highest BCUT2D eigenvalue weighted by molar-refractivity contribution is 5.64. The van der Waals surface area contributed by atoms with Crippen molar-refractivity contribution in [3.8, 4) is 0 Å². The number of nitrogens with one attached hydrogen (secondary N) is 1. The standard InChI is InChI=1S/C26H26N4O/c1-16-8-10-18(3)21(13-16)27-23-15-24(31)30-12-6-7-20(5)26(30)29-25(23)28-22-14-17(2)9-11-19(22)4/h6-15,27H,1-5H3. The third-order valence-electron chi connectivity index (χ3n) is 5.37. The van der Waals surface area contributed by atoms with Crippen LogP contribution in [-0.2, 0) is 0 Å². The Hall–Kier alpha value is -3.73. The molecular weight excluding hydrogens is 384 g/mol. The van der Waals surface area contributed by atoms with Crippen molar-refractivity contribution in [3.63, 3.8) is 0 Å². The Morgan fingerprint density at radius 1 is 0.806 bits per heavy atom. The van der Waals surface area contributed by atoms with Crippen molar-refractivity contribution in [1.29, 1.82) is 0 Å². The Labute approximate surface area is 181 Å². The molecule has 0 aliphatic rings. The molecule has 0 radical (unpaired) electrons. The molecule has 31 heavy (non-hydrogen) atoms. The maximum Gasteiger partial charge on any atom is 0.258 e. The van der Waals surface area contributed by atoms with Crippen molar-refractivity contribution in [1.82, 2.24) is 9.38 Å². The zero-order valence-corrected chi connectivity index (χ0v) is 18.5. The van der Waals surface area contributed by atoms with E-state index in [0.717, 1.165) is 39.2 Å². The van der Waals surface area contributed by atoms with Crippen LogP contribution in [0.3, 0.4) is 0 Å². The molecule has 0 bridgehead atoms. The molecule has 0 unspecified atom stereocenters. The van der Waals surface area contributed by atoms with Crippen LogP contribution in [0.1, 0.15) is 27.8 Å². The second kappa shape index (κ2) is 8.19. The summed E-state index contributed by atoms with van der Waals surface area (Å²) in [6, 6.07) is 17.7. The van der Waals surface area contributed by atoms with Crippen LogP contribution < -0.4 is 16.4 Å². The molecule has 0 saturated carbocycles. The molecular formula is C26H26N4O. The summed E-state index contributed by atoms with van der Waals surface area (Å²) < 4.78 is 1.56. The van der Waals surface area contributed by atoms with Gasteiger partial charge in [-0.2, -0.15) is 0 Å². The van der Waals surface area contributed by atoms with Gasteiger partial charge in [-0.1, -0.05) is 30.3 Å². The second-order valence-electron chi connectivity index (χ2n) is 8.06. The van der Waals surface area contributed by atoms with E-state index in [9.17, 15) is 4.79 Å². The molecule has 2 aromatic heterocycles. The van der Waals surface area contributed by atoms with Gasteiger partial charge in [0, 0.05) is 18.0 Å². The number of fused-ring (bicyclic) bond motifs is 1. The minimum absolute atomic E-state index is 0.165. The lowest BCUT2D eigenvalue weighted by Gasteiger charge is -2.09. The van der Waals surface area contributed by atoms with Gasteiger partial charge in [-0.15, -0.1) is 0 Å². The van der Waals surface area contributed by atoms with Crippen molar-refractivity contribution in [2.45, 2.75) is 34.6 Å². The Morgan fingerprint density at radius 3 is 2.29 bits per heavy atom. The summed E-state index contributed by atoms with van der Waals surface area (Å²) in [6.07, 6.45) is 1.74. The molecule has 4 rings (SSSR count). The molecule has 2 heterocycles. The first-order chi connectivity index (χ1) is 14.8. The average Bonchev–Trinajstić information content (AvgIpc) is 2.85. The van der Waals surface area contributed by atoms with Crippen LogP contribution in [0.4, 0.5) is 17.1 Å². The highest BCUT2D eigenvalue weighted by Gasteiger charge is 2.08. The first kappa shape index (κ1) is 20.5. The fraction of sp³-hybridized carbons (Fsp3) is 0.192. The number of hydrogen-bond donors (Lipinski definition) is 1. The van der Waals surface area contributed by atoms with Crippen LogP contribution in [-0.4, -0.2) is 9.38 Å². The molecule has 0 spiro atoms. The number of aryl methyl sites for hydroxylation is 5. The molecule has 0 fully saturated rings. The quantitative estimate of drug-likeness (QED) is 0.504. The summed E-state index contributed by atoms with van der Waals surface area (Å²) in [4.78, 5) is 22.8. The van der Waals surface area contributed by atoms with E-state index < -0.39 is 0 Å². The first-order valence-electron chi connectivity index (χ1n) is 10.3. The monoisotopic (exact) mass is 410 g/mol. The molecule has 0 aliphatic heterocycles. The summed E-state index contributed by atoms with van der Waals surface area (Å²) in [7, 11) is 0. The topological polar surface area (TPSA) is 58.8 Å². The lowest BCUT2D eigenvalue weighted by molar-refractivity contribution is 1.05. The largest absolute Gasteiger partial charge is 0.352 e. The molecule has 5 heteroatoms. The van der Waals surface area contributed by atoms with Crippen LogP contribution in [0.5, 0.6) is 0 Å². The molecule has 0 amide bonds. The number of aromatic nitrogens is 2. The lowest BCUT2D eigenvalue weighted by Crippen LogP contribution is -2.12. The van der Waals surface area contributed by atoms with Crippen LogP contribution in [0.2, 0.25) is 0 Å². The van der Waals surface area contributed by atoms with E-state index in [-0.39, 0.29) is 5.56 Å². The fourth-order valence-electron chi connectivity index (χ4n) is 3.49. The average molecular weight is 411 g/mol. The van der Waals surface area contributed by atoms with Gasteiger partial charge in [0.2, 0.25) is 0 Å². The number of pyridine rings is 1. The fourth-order valence-corrected chi connectivity index (χ4v) is 3.49. The van der Waals surface area contributed by atoms with Crippen molar-refractivity contribution in [2.24, 2.45) is 4.99 Å². The minimum Gasteiger partial charge on any atom is -0.352 e. The normalized spacial score (nSPS) is 11.7. The van der Waals surface area contributed by atoms with Gasteiger partial charge >= 0.3 is 0 Å². The number of hydrogen-bond acceptors (Lipinski definition) is 4. The van der Waals surface area contributed by atoms with Gasteiger partial charge < -0.3 is 5.32 Å². The highest BCUT2D eigenvalue weighted by atomic mass is 16.1. The number of nitrogens with zero attached hydrogens (tertiary/aromatic N) is 3. The van der Waals surface area contributed by atoms with E-state index in [0.29, 0.717) is 16.8 Å². The molecule has 0 aliphatic carbocycles. The Balaban J connectivity index is 2.07. The van der Waals surface area contributed by atoms with Crippen molar-refractivity contribution < 1.29 is 0 Å². The van der Waals surface area contributed by atoms with Crippen LogP contribution in [0, 0.1) is 34.6 Å². The third kappa shape index (κ3) is 4.26. The van der Waals surface area contributed by atoms with Crippen molar-refractivity contribution >= 4 is 22.7 Å². The minimum atomic E-state index is -0.165. The number of rotatable bonds is 3. The van der Waals surface area contributed by atoms with Crippen molar-refractivity contribution in [2.75, 3.05) is 5.32 Å². The van der Waals surface area contributed by atoms with Gasteiger partial charge in [-0.25, -0.2) is 9.98 Å². The van der Waals surface area contributed by atoms with Gasteiger partial charge in [0.25, 0.3) is 5.56 Å². The summed E-state index contributed by atoms with van der Waals surface area (Å²) in [5.74, 6) is 0. The van der Waals surface area contributed by atoms with Gasteiger partial charge in [-0.3, -0.25) is 9.20 Å². The molecule has 156 valence electrons. The van der Waals surface area contributed by atoms with E-state index in [1.54, 1.807) is 16.7 Å². The second-order valence-corrected chi connectivity index (χ2v) is 8.06. The third-order valence-corrected chi connectivity index (χ3v) is 5.37. The predicted octanol–water partition coefficient (Wildman–Crippen LogP) is 5.21. The van der Waals surface area contributed by atoms with Gasteiger partial charge in [0.15, 0.2) is 5.49 Å².